The average Bonchev–Trinajstić information content (AvgIpc) is 2.69. The highest BCUT2D eigenvalue weighted by Gasteiger charge is 2.20. The molecule has 152 valence electrons. The molecule has 3 rings (SSSR count). The van der Waals surface area contributed by atoms with Crippen LogP contribution in [0.2, 0.25) is 0 Å². The summed E-state index contributed by atoms with van der Waals surface area (Å²) in [5.74, 6) is 0.513. The standard InChI is InChI=1S/C24H26O5/c1-5-7-17-8-10-19(11-9-17)28-24(26)16(4)27-21-14-22-20(13-18(21)6-2)15(3)12-23(25)29-22/h8-14,16H,5-7H2,1-4H3. The van der Waals surface area contributed by atoms with E-state index >= 15 is 0 Å². The van der Waals surface area contributed by atoms with E-state index in [0.29, 0.717) is 23.5 Å². The van der Waals surface area contributed by atoms with Crippen LogP contribution in [0.25, 0.3) is 11.0 Å². The Morgan fingerprint density at radius 3 is 2.48 bits per heavy atom. The molecule has 2 aromatic carbocycles. The van der Waals surface area contributed by atoms with E-state index in [-0.39, 0.29) is 0 Å². The lowest BCUT2D eigenvalue weighted by molar-refractivity contribution is -0.141. The second-order valence-corrected chi connectivity index (χ2v) is 7.13. The number of carbonyl (C=O) groups is 1. The van der Waals surface area contributed by atoms with Gasteiger partial charge in [0.2, 0.25) is 0 Å². The molecule has 0 saturated carbocycles. The molecular weight excluding hydrogens is 368 g/mol. The lowest BCUT2D eigenvalue weighted by Crippen LogP contribution is -2.28. The Bertz CT molecular complexity index is 1060. The number of hydrogen-bond donors (Lipinski definition) is 0. The largest absolute Gasteiger partial charge is 0.479 e. The van der Waals surface area contributed by atoms with Crippen LogP contribution in [0.15, 0.2) is 51.7 Å². The first-order valence-electron chi connectivity index (χ1n) is 9.96. The van der Waals surface area contributed by atoms with Crippen molar-refractivity contribution >= 4 is 16.9 Å². The minimum atomic E-state index is -0.815. The van der Waals surface area contributed by atoms with Crippen LogP contribution in [0.4, 0.5) is 0 Å². The number of carbonyl (C=O) groups excluding carboxylic acids is 1. The molecule has 0 saturated heterocycles. The van der Waals surface area contributed by atoms with Crippen molar-refractivity contribution in [3.8, 4) is 11.5 Å². The van der Waals surface area contributed by atoms with Gasteiger partial charge in [-0.15, -0.1) is 0 Å². The van der Waals surface area contributed by atoms with Gasteiger partial charge < -0.3 is 13.9 Å². The van der Waals surface area contributed by atoms with Crippen LogP contribution < -0.4 is 15.1 Å². The number of fused-ring (bicyclic) bond motifs is 1. The molecule has 0 N–H and O–H groups in total. The van der Waals surface area contributed by atoms with E-state index in [0.717, 1.165) is 29.4 Å². The zero-order valence-corrected chi connectivity index (χ0v) is 17.3. The van der Waals surface area contributed by atoms with Gasteiger partial charge in [0.1, 0.15) is 17.1 Å². The third kappa shape index (κ3) is 4.86. The SMILES string of the molecule is CCCc1ccc(OC(=O)C(C)Oc2cc3oc(=O)cc(C)c3cc2CC)cc1. The summed E-state index contributed by atoms with van der Waals surface area (Å²) in [5.41, 5.74) is 3.00. The van der Waals surface area contributed by atoms with Gasteiger partial charge in [-0.3, -0.25) is 0 Å². The van der Waals surface area contributed by atoms with Crippen molar-refractivity contribution in [3.63, 3.8) is 0 Å². The Hall–Kier alpha value is -3.08. The fourth-order valence-corrected chi connectivity index (χ4v) is 3.23. The van der Waals surface area contributed by atoms with Crippen LogP contribution in [-0.2, 0) is 17.6 Å². The van der Waals surface area contributed by atoms with Gasteiger partial charge in [0.25, 0.3) is 0 Å². The smallest absolute Gasteiger partial charge is 0.352 e. The van der Waals surface area contributed by atoms with Crippen molar-refractivity contribution in [2.75, 3.05) is 0 Å². The highest BCUT2D eigenvalue weighted by molar-refractivity contribution is 5.83. The summed E-state index contributed by atoms with van der Waals surface area (Å²) in [4.78, 5) is 24.2. The Morgan fingerprint density at radius 1 is 1.10 bits per heavy atom. The summed E-state index contributed by atoms with van der Waals surface area (Å²) in [6.07, 6.45) is 1.95. The number of aryl methyl sites for hydroxylation is 3. The fourth-order valence-electron chi connectivity index (χ4n) is 3.23. The number of hydrogen-bond acceptors (Lipinski definition) is 5. The molecule has 3 aromatic rings. The van der Waals surface area contributed by atoms with E-state index in [1.165, 1.54) is 11.6 Å². The zero-order valence-electron chi connectivity index (χ0n) is 17.3. The maximum Gasteiger partial charge on any atom is 0.352 e. The van der Waals surface area contributed by atoms with Crippen molar-refractivity contribution < 1.29 is 18.7 Å². The molecule has 1 unspecified atom stereocenters. The zero-order chi connectivity index (χ0) is 21.0. The summed E-state index contributed by atoms with van der Waals surface area (Å²) in [6.45, 7) is 7.63. The van der Waals surface area contributed by atoms with Crippen molar-refractivity contribution in [2.24, 2.45) is 0 Å². The van der Waals surface area contributed by atoms with Crippen molar-refractivity contribution in [1.82, 2.24) is 0 Å². The molecule has 0 fully saturated rings. The van der Waals surface area contributed by atoms with Crippen molar-refractivity contribution in [3.05, 3.63) is 69.6 Å². The van der Waals surface area contributed by atoms with Gasteiger partial charge in [-0.1, -0.05) is 32.4 Å². The Kier molecular flexibility index (Phi) is 6.37. The Morgan fingerprint density at radius 2 is 1.83 bits per heavy atom. The number of esters is 1. The second kappa shape index (κ2) is 8.95. The fraction of sp³-hybridized carbons (Fsp3) is 0.333. The molecule has 0 aliphatic heterocycles. The maximum absolute atomic E-state index is 12.5. The van der Waals surface area contributed by atoms with Crippen LogP contribution in [0.3, 0.4) is 0 Å². The molecule has 0 spiro atoms. The highest BCUT2D eigenvalue weighted by atomic mass is 16.6. The van der Waals surface area contributed by atoms with E-state index in [1.807, 2.05) is 32.0 Å². The summed E-state index contributed by atoms with van der Waals surface area (Å²) < 4.78 is 16.6. The van der Waals surface area contributed by atoms with E-state index in [2.05, 4.69) is 6.92 Å². The lowest BCUT2D eigenvalue weighted by Gasteiger charge is -2.17. The number of benzene rings is 2. The molecular formula is C24H26O5. The summed E-state index contributed by atoms with van der Waals surface area (Å²) in [5, 5.41) is 0.858. The first kappa shape index (κ1) is 20.6. The predicted octanol–water partition coefficient (Wildman–Crippen LogP) is 4.99. The van der Waals surface area contributed by atoms with Crippen LogP contribution in [0.1, 0.15) is 43.9 Å². The van der Waals surface area contributed by atoms with Gasteiger partial charge in [-0.05, 0) is 61.6 Å². The van der Waals surface area contributed by atoms with Gasteiger partial charge in [0, 0.05) is 17.5 Å². The van der Waals surface area contributed by atoms with E-state index in [1.54, 1.807) is 25.1 Å². The number of rotatable bonds is 7. The molecule has 1 atom stereocenters. The van der Waals surface area contributed by atoms with Gasteiger partial charge in [0.15, 0.2) is 6.10 Å². The molecule has 0 bridgehead atoms. The van der Waals surface area contributed by atoms with E-state index < -0.39 is 17.7 Å². The van der Waals surface area contributed by atoms with Crippen molar-refractivity contribution in [2.45, 2.75) is 53.1 Å². The summed E-state index contributed by atoms with van der Waals surface area (Å²) >= 11 is 0. The first-order valence-corrected chi connectivity index (χ1v) is 9.96. The molecule has 0 aliphatic carbocycles. The number of ether oxygens (including phenoxy) is 2. The summed E-state index contributed by atoms with van der Waals surface area (Å²) in [7, 11) is 0. The average molecular weight is 394 g/mol. The Labute approximate surface area is 170 Å². The van der Waals surface area contributed by atoms with E-state index in [4.69, 9.17) is 13.9 Å². The highest BCUT2D eigenvalue weighted by Crippen LogP contribution is 2.28. The minimum absolute atomic E-state index is 0.413. The van der Waals surface area contributed by atoms with Gasteiger partial charge >= 0.3 is 11.6 Å². The second-order valence-electron chi connectivity index (χ2n) is 7.13. The maximum atomic E-state index is 12.5. The minimum Gasteiger partial charge on any atom is -0.479 e. The summed E-state index contributed by atoms with van der Waals surface area (Å²) in [6, 6.07) is 12.6. The monoisotopic (exact) mass is 394 g/mol. The van der Waals surface area contributed by atoms with E-state index in [9.17, 15) is 9.59 Å². The van der Waals surface area contributed by atoms with Crippen LogP contribution >= 0.6 is 0 Å². The topological polar surface area (TPSA) is 65.7 Å². The molecule has 0 amide bonds. The molecule has 1 aromatic heterocycles. The molecule has 5 nitrogen and oxygen atoms in total. The van der Waals surface area contributed by atoms with Crippen LogP contribution in [0.5, 0.6) is 11.5 Å². The van der Waals surface area contributed by atoms with Gasteiger partial charge in [0.05, 0.1) is 0 Å². The molecule has 5 heteroatoms. The van der Waals surface area contributed by atoms with Gasteiger partial charge in [-0.25, -0.2) is 9.59 Å². The van der Waals surface area contributed by atoms with Crippen LogP contribution in [0, 0.1) is 6.92 Å². The quantitative estimate of drug-likeness (QED) is 0.321. The first-order chi connectivity index (χ1) is 13.9. The normalized spacial score (nSPS) is 12.0. The molecule has 29 heavy (non-hydrogen) atoms. The van der Waals surface area contributed by atoms with Crippen LogP contribution in [-0.4, -0.2) is 12.1 Å². The predicted molar refractivity (Wildman–Crippen MR) is 113 cm³/mol. The molecule has 0 aliphatic rings. The Balaban J connectivity index is 1.78. The lowest BCUT2D eigenvalue weighted by atomic mass is 10.1. The third-order valence-corrected chi connectivity index (χ3v) is 4.83. The third-order valence-electron chi connectivity index (χ3n) is 4.83. The molecule has 0 radical (unpaired) electrons. The molecule has 1 heterocycles. The van der Waals surface area contributed by atoms with Gasteiger partial charge in [-0.2, -0.15) is 0 Å². The van der Waals surface area contributed by atoms with Crippen molar-refractivity contribution in [1.29, 1.82) is 0 Å².